The molecule has 2 aliphatic carbocycles. The van der Waals surface area contributed by atoms with Crippen LogP contribution in [0, 0.1) is 11.8 Å². The summed E-state index contributed by atoms with van der Waals surface area (Å²) in [4.78, 5) is 26.9. The summed E-state index contributed by atoms with van der Waals surface area (Å²) < 4.78 is 0. The molecule has 0 atom stereocenters. The Labute approximate surface area is 151 Å². The van der Waals surface area contributed by atoms with Crippen molar-refractivity contribution in [1.29, 1.82) is 0 Å². The van der Waals surface area contributed by atoms with Crippen LogP contribution in [0.4, 0.5) is 0 Å². The van der Waals surface area contributed by atoms with E-state index >= 15 is 0 Å². The molecule has 1 saturated heterocycles. The number of nitrogens with zero attached hydrogens (tertiary/aromatic N) is 1. The second-order valence-corrected chi connectivity index (χ2v) is 7.47. The van der Waals surface area contributed by atoms with Crippen molar-refractivity contribution in [3.8, 4) is 0 Å². The zero-order valence-corrected chi connectivity index (χ0v) is 15.4. The number of carbonyl (C=O) groups excluding carboxylic acids is 2. The van der Waals surface area contributed by atoms with Crippen molar-refractivity contribution >= 4 is 24.2 Å². The maximum Gasteiger partial charge on any atom is 0.225 e. The van der Waals surface area contributed by atoms with Crippen molar-refractivity contribution in [2.75, 3.05) is 26.2 Å². The monoisotopic (exact) mass is 357 g/mol. The molecule has 0 unspecified atom stereocenters. The van der Waals surface area contributed by atoms with Crippen molar-refractivity contribution in [1.82, 2.24) is 15.5 Å². The minimum atomic E-state index is 0. The number of halogens is 1. The summed E-state index contributed by atoms with van der Waals surface area (Å²) in [6, 6.07) is 0.290. The smallest absolute Gasteiger partial charge is 0.225 e. The van der Waals surface area contributed by atoms with Crippen LogP contribution in [0.15, 0.2) is 0 Å². The van der Waals surface area contributed by atoms with Crippen molar-refractivity contribution in [2.45, 2.75) is 63.8 Å². The summed E-state index contributed by atoms with van der Waals surface area (Å²) >= 11 is 0. The van der Waals surface area contributed by atoms with Gasteiger partial charge in [-0.1, -0.05) is 12.8 Å². The second kappa shape index (κ2) is 9.62. The lowest BCUT2D eigenvalue weighted by atomic mass is 9.84. The Morgan fingerprint density at radius 3 is 2.25 bits per heavy atom. The van der Waals surface area contributed by atoms with Gasteiger partial charge in [-0.25, -0.2) is 0 Å². The van der Waals surface area contributed by atoms with Gasteiger partial charge in [-0.05, 0) is 51.5 Å². The Balaban J connectivity index is 0.00000208. The van der Waals surface area contributed by atoms with E-state index in [-0.39, 0.29) is 36.2 Å². The minimum absolute atomic E-state index is 0. The van der Waals surface area contributed by atoms with Gasteiger partial charge in [0.1, 0.15) is 0 Å². The Hall–Kier alpha value is -0.810. The summed E-state index contributed by atoms with van der Waals surface area (Å²) in [6.45, 7) is 3.67. The highest BCUT2D eigenvalue weighted by molar-refractivity contribution is 5.85. The molecule has 1 aliphatic heterocycles. The lowest BCUT2D eigenvalue weighted by molar-refractivity contribution is -0.136. The Morgan fingerprint density at radius 1 is 0.833 bits per heavy atom. The number of hydrogen-bond donors (Lipinski definition) is 2. The molecule has 3 rings (SSSR count). The average Bonchev–Trinajstić information content (AvgIpc) is 2.98. The van der Waals surface area contributed by atoms with Gasteiger partial charge in [0.05, 0.1) is 0 Å². The molecule has 0 spiro atoms. The van der Waals surface area contributed by atoms with E-state index in [4.69, 9.17) is 0 Å². The molecule has 24 heavy (non-hydrogen) atoms. The zero-order chi connectivity index (χ0) is 16.1. The lowest BCUT2D eigenvalue weighted by Crippen LogP contribution is -2.44. The highest BCUT2D eigenvalue weighted by Gasteiger charge is 2.31. The number of nitrogens with one attached hydrogen (secondary N) is 2. The number of carbonyl (C=O) groups is 2. The fourth-order valence-corrected chi connectivity index (χ4v) is 4.32. The topological polar surface area (TPSA) is 61.4 Å². The van der Waals surface area contributed by atoms with Gasteiger partial charge in [0, 0.05) is 37.5 Å². The molecule has 2 N–H and O–H groups in total. The molecule has 5 nitrogen and oxygen atoms in total. The Bertz CT molecular complexity index is 410. The first kappa shape index (κ1) is 19.5. The molecule has 3 fully saturated rings. The Morgan fingerprint density at radius 2 is 1.54 bits per heavy atom. The lowest BCUT2D eigenvalue weighted by Gasteiger charge is -2.32. The van der Waals surface area contributed by atoms with Gasteiger partial charge in [0.15, 0.2) is 0 Å². The van der Waals surface area contributed by atoms with Crippen molar-refractivity contribution in [2.24, 2.45) is 11.8 Å². The number of hydrogen-bond acceptors (Lipinski definition) is 3. The third kappa shape index (κ3) is 5.09. The van der Waals surface area contributed by atoms with E-state index in [9.17, 15) is 9.59 Å². The molecular formula is C18H32ClN3O2. The van der Waals surface area contributed by atoms with Crippen molar-refractivity contribution in [3.05, 3.63) is 0 Å². The normalized spacial score (nSPS) is 28.8. The molecule has 0 aromatic rings. The van der Waals surface area contributed by atoms with Crippen LogP contribution in [0.3, 0.4) is 0 Å². The van der Waals surface area contributed by atoms with Crippen LogP contribution < -0.4 is 10.6 Å². The maximum absolute atomic E-state index is 12.7. The van der Waals surface area contributed by atoms with Crippen molar-refractivity contribution in [3.63, 3.8) is 0 Å². The fourth-order valence-electron chi connectivity index (χ4n) is 4.32. The van der Waals surface area contributed by atoms with E-state index in [1.165, 1.54) is 12.8 Å². The van der Waals surface area contributed by atoms with Crippen LogP contribution in [0.1, 0.15) is 57.8 Å². The third-order valence-electron chi connectivity index (χ3n) is 5.80. The zero-order valence-electron chi connectivity index (χ0n) is 14.6. The molecule has 3 aliphatic rings. The maximum atomic E-state index is 12.7. The van der Waals surface area contributed by atoms with Gasteiger partial charge in [-0.2, -0.15) is 0 Å². The van der Waals surface area contributed by atoms with Crippen molar-refractivity contribution < 1.29 is 9.59 Å². The molecule has 0 radical (unpaired) electrons. The summed E-state index contributed by atoms with van der Waals surface area (Å²) in [5, 5.41) is 6.58. The van der Waals surface area contributed by atoms with Gasteiger partial charge >= 0.3 is 0 Å². The van der Waals surface area contributed by atoms with E-state index in [1.807, 2.05) is 4.90 Å². The van der Waals surface area contributed by atoms with Gasteiger partial charge in [-0.15, -0.1) is 12.4 Å². The van der Waals surface area contributed by atoms with Crippen LogP contribution in [-0.4, -0.2) is 48.9 Å². The standard InChI is InChI=1S/C18H31N3O2.ClH/c22-17(14-4-1-2-5-14)20-16-8-6-15(7-9-16)18(23)21-12-3-10-19-11-13-21;/h14-16,19H,1-13H2,(H,20,22);1H. The molecule has 2 amide bonds. The predicted octanol–water partition coefficient (Wildman–Crippen LogP) is 2.10. The predicted molar refractivity (Wildman–Crippen MR) is 97.2 cm³/mol. The highest BCUT2D eigenvalue weighted by Crippen LogP contribution is 2.28. The molecule has 0 aromatic heterocycles. The van der Waals surface area contributed by atoms with Crippen LogP contribution in [0.2, 0.25) is 0 Å². The third-order valence-corrected chi connectivity index (χ3v) is 5.80. The van der Waals surface area contributed by atoms with Crippen LogP contribution in [0.25, 0.3) is 0 Å². The molecule has 6 heteroatoms. The highest BCUT2D eigenvalue weighted by atomic mass is 35.5. The van der Waals surface area contributed by atoms with Crippen LogP contribution in [0.5, 0.6) is 0 Å². The fraction of sp³-hybridized carbons (Fsp3) is 0.889. The largest absolute Gasteiger partial charge is 0.353 e. The van der Waals surface area contributed by atoms with E-state index in [1.54, 1.807) is 0 Å². The first-order chi connectivity index (χ1) is 11.2. The molecule has 1 heterocycles. The second-order valence-electron chi connectivity index (χ2n) is 7.47. The van der Waals surface area contributed by atoms with Gasteiger partial charge in [-0.3, -0.25) is 9.59 Å². The van der Waals surface area contributed by atoms with E-state index in [0.717, 1.165) is 71.1 Å². The number of rotatable bonds is 3. The molecule has 0 bridgehead atoms. The van der Waals surface area contributed by atoms with E-state index < -0.39 is 0 Å². The quantitative estimate of drug-likeness (QED) is 0.813. The summed E-state index contributed by atoms with van der Waals surface area (Å²) in [5.41, 5.74) is 0. The van der Waals surface area contributed by atoms with E-state index in [2.05, 4.69) is 10.6 Å². The molecule has 138 valence electrons. The molecule has 0 aromatic carbocycles. The van der Waals surface area contributed by atoms with Gasteiger partial charge < -0.3 is 15.5 Å². The molecule has 2 saturated carbocycles. The summed E-state index contributed by atoms with van der Waals surface area (Å²) in [7, 11) is 0. The number of amides is 2. The van der Waals surface area contributed by atoms with Gasteiger partial charge in [0.25, 0.3) is 0 Å². The van der Waals surface area contributed by atoms with Crippen LogP contribution >= 0.6 is 12.4 Å². The Kier molecular flexibility index (Phi) is 7.82. The summed E-state index contributed by atoms with van der Waals surface area (Å²) in [6.07, 6.45) is 9.34. The van der Waals surface area contributed by atoms with Gasteiger partial charge in [0.2, 0.25) is 11.8 Å². The molecular weight excluding hydrogens is 326 g/mol. The van der Waals surface area contributed by atoms with E-state index in [0.29, 0.717) is 5.91 Å². The first-order valence-corrected chi connectivity index (χ1v) is 9.54. The summed E-state index contributed by atoms with van der Waals surface area (Å²) in [5.74, 6) is 1.02. The first-order valence-electron chi connectivity index (χ1n) is 9.54. The minimum Gasteiger partial charge on any atom is -0.353 e. The van der Waals surface area contributed by atoms with Crippen LogP contribution in [-0.2, 0) is 9.59 Å². The SMILES string of the molecule is Cl.O=C(NC1CCC(C(=O)N2CCCNCC2)CC1)C1CCCC1. The average molecular weight is 358 g/mol.